The lowest BCUT2D eigenvalue weighted by atomic mass is 10.1. The monoisotopic (exact) mass is 259 g/mol. The number of aliphatic hydroxyl groups is 1. The summed E-state index contributed by atoms with van der Waals surface area (Å²) in [5.74, 6) is 0.631. The first kappa shape index (κ1) is 13.4. The predicted octanol–water partition coefficient (Wildman–Crippen LogP) is 2.05. The fraction of sp³-hybridized carbons (Fsp3) is 0.357. The summed E-state index contributed by atoms with van der Waals surface area (Å²) in [5.41, 5.74) is 1.94. The van der Waals surface area contributed by atoms with Crippen molar-refractivity contribution in [2.24, 2.45) is 0 Å². The number of hydrogen-bond donors (Lipinski definition) is 1. The van der Waals surface area contributed by atoms with Gasteiger partial charge in [-0.25, -0.2) is 0 Å². The summed E-state index contributed by atoms with van der Waals surface area (Å²) in [6.45, 7) is 5.73. The first-order valence-corrected chi connectivity index (χ1v) is 6.14. The molecule has 0 aromatic carbocycles. The molecule has 2 aromatic rings. The zero-order valence-electron chi connectivity index (χ0n) is 11.2. The molecule has 0 aliphatic carbocycles. The van der Waals surface area contributed by atoms with Gasteiger partial charge in [-0.1, -0.05) is 0 Å². The molecule has 19 heavy (non-hydrogen) atoms. The van der Waals surface area contributed by atoms with Gasteiger partial charge in [0.05, 0.1) is 29.9 Å². The molecule has 1 N–H and O–H groups in total. The van der Waals surface area contributed by atoms with Gasteiger partial charge in [0.25, 0.3) is 0 Å². The molecule has 0 aliphatic rings. The fourth-order valence-electron chi connectivity index (χ4n) is 1.64. The number of nitrogens with zero attached hydrogens (tertiary/aromatic N) is 3. The molecule has 0 saturated carbocycles. The summed E-state index contributed by atoms with van der Waals surface area (Å²) in [6.07, 6.45) is 5.62. The molecule has 0 spiro atoms. The molecule has 0 bridgehead atoms. The van der Waals surface area contributed by atoms with Gasteiger partial charge in [-0.3, -0.25) is 15.0 Å². The summed E-state index contributed by atoms with van der Waals surface area (Å²) in [5, 5.41) is 10.2. The second-order valence-electron chi connectivity index (χ2n) is 4.61. The summed E-state index contributed by atoms with van der Waals surface area (Å²) < 4.78 is 5.55. The van der Waals surface area contributed by atoms with Crippen LogP contribution in [0.5, 0.6) is 5.75 Å². The zero-order chi connectivity index (χ0) is 13.8. The van der Waals surface area contributed by atoms with Crippen molar-refractivity contribution in [3.05, 3.63) is 47.8 Å². The van der Waals surface area contributed by atoms with Gasteiger partial charge in [0.2, 0.25) is 0 Å². The van der Waals surface area contributed by atoms with E-state index in [1.54, 1.807) is 30.9 Å². The second-order valence-corrected chi connectivity index (χ2v) is 4.61. The Morgan fingerprint density at radius 2 is 1.89 bits per heavy atom. The molecule has 1 unspecified atom stereocenters. The lowest BCUT2D eigenvalue weighted by Gasteiger charge is -2.13. The highest BCUT2D eigenvalue weighted by Crippen LogP contribution is 2.22. The van der Waals surface area contributed by atoms with E-state index in [2.05, 4.69) is 15.0 Å². The van der Waals surface area contributed by atoms with Crippen LogP contribution in [-0.4, -0.2) is 26.2 Å². The number of ether oxygens (including phenoxy) is 1. The Morgan fingerprint density at radius 1 is 1.11 bits per heavy atom. The normalized spacial score (nSPS) is 12.5. The number of aryl methyl sites for hydroxylation is 1. The van der Waals surface area contributed by atoms with Gasteiger partial charge in [0.15, 0.2) is 0 Å². The summed E-state index contributed by atoms with van der Waals surface area (Å²) in [4.78, 5) is 12.4. The number of pyridine rings is 1. The third-order valence-corrected chi connectivity index (χ3v) is 2.50. The molecule has 5 heteroatoms. The lowest BCUT2D eigenvalue weighted by Crippen LogP contribution is -2.08. The van der Waals surface area contributed by atoms with E-state index in [-0.39, 0.29) is 6.10 Å². The molecule has 0 saturated heterocycles. The fourth-order valence-corrected chi connectivity index (χ4v) is 1.64. The van der Waals surface area contributed by atoms with E-state index in [1.165, 1.54) is 0 Å². The van der Waals surface area contributed by atoms with E-state index in [0.717, 1.165) is 5.69 Å². The molecule has 0 amide bonds. The Bertz CT molecular complexity index is 541. The maximum Gasteiger partial charge on any atom is 0.138 e. The molecule has 2 heterocycles. The minimum absolute atomic E-state index is 0.0633. The zero-order valence-corrected chi connectivity index (χ0v) is 11.2. The van der Waals surface area contributed by atoms with Crippen LogP contribution in [0.3, 0.4) is 0 Å². The first-order chi connectivity index (χ1) is 9.06. The van der Waals surface area contributed by atoms with Crippen LogP contribution in [0.2, 0.25) is 0 Å². The van der Waals surface area contributed by atoms with Crippen LogP contribution >= 0.6 is 0 Å². The highest BCUT2D eigenvalue weighted by Gasteiger charge is 2.13. The quantitative estimate of drug-likeness (QED) is 0.910. The SMILES string of the molecule is Cc1cnc(C(O)c2cncc(OC(C)C)c2)cn1. The Morgan fingerprint density at radius 3 is 2.53 bits per heavy atom. The van der Waals surface area contributed by atoms with E-state index in [4.69, 9.17) is 4.74 Å². The highest BCUT2D eigenvalue weighted by atomic mass is 16.5. The van der Waals surface area contributed by atoms with Gasteiger partial charge in [0.1, 0.15) is 11.9 Å². The third kappa shape index (κ3) is 3.48. The van der Waals surface area contributed by atoms with E-state index in [0.29, 0.717) is 17.0 Å². The van der Waals surface area contributed by atoms with E-state index in [1.807, 2.05) is 20.8 Å². The highest BCUT2D eigenvalue weighted by molar-refractivity contribution is 5.29. The lowest BCUT2D eigenvalue weighted by molar-refractivity contribution is 0.210. The van der Waals surface area contributed by atoms with Gasteiger partial charge >= 0.3 is 0 Å². The van der Waals surface area contributed by atoms with Gasteiger partial charge < -0.3 is 9.84 Å². The molecule has 100 valence electrons. The van der Waals surface area contributed by atoms with Crippen molar-refractivity contribution in [2.45, 2.75) is 33.0 Å². The molecular formula is C14H17N3O2. The Labute approximate surface area is 112 Å². The van der Waals surface area contributed by atoms with Gasteiger partial charge in [-0.05, 0) is 26.8 Å². The van der Waals surface area contributed by atoms with Gasteiger partial charge in [-0.2, -0.15) is 0 Å². The van der Waals surface area contributed by atoms with Crippen LogP contribution in [0.15, 0.2) is 30.9 Å². The Kier molecular flexibility index (Phi) is 4.06. The van der Waals surface area contributed by atoms with Crippen LogP contribution < -0.4 is 4.74 Å². The van der Waals surface area contributed by atoms with Crippen molar-refractivity contribution in [1.29, 1.82) is 0 Å². The largest absolute Gasteiger partial charge is 0.489 e. The Hall–Kier alpha value is -2.01. The molecular weight excluding hydrogens is 242 g/mol. The predicted molar refractivity (Wildman–Crippen MR) is 70.8 cm³/mol. The third-order valence-electron chi connectivity index (χ3n) is 2.50. The molecule has 5 nitrogen and oxygen atoms in total. The summed E-state index contributed by atoms with van der Waals surface area (Å²) in [6, 6.07) is 1.76. The van der Waals surface area contributed by atoms with E-state index < -0.39 is 6.10 Å². The van der Waals surface area contributed by atoms with Crippen molar-refractivity contribution >= 4 is 0 Å². The molecule has 0 aliphatic heterocycles. The Balaban J connectivity index is 2.23. The van der Waals surface area contributed by atoms with Gasteiger partial charge in [0, 0.05) is 18.0 Å². The molecule has 2 aromatic heterocycles. The van der Waals surface area contributed by atoms with Crippen molar-refractivity contribution in [2.75, 3.05) is 0 Å². The van der Waals surface area contributed by atoms with Crippen LogP contribution in [0, 0.1) is 6.92 Å². The maximum absolute atomic E-state index is 10.2. The maximum atomic E-state index is 10.2. The minimum atomic E-state index is -0.851. The van der Waals surface area contributed by atoms with E-state index >= 15 is 0 Å². The molecule has 1 atom stereocenters. The van der Waals surface area contributed by atoms with Crippen molar-refractivity contribution in [3.8, 4) is 5.75 Å². The second kappa shape index (κ2) is 5.75. The van der Waals surface area contributed by atoms with Crippen molar-refractivity contribution in [1.82, 2.24) is 15.0 Å². The minimum Gasteiger partial charge on any atom is -0.489 e. The number of aliphatic hydroxyl groups excluding tert-OH is 1. The molecule has 2 rings (SSSR count). The first-order valence-electron chi connectivity index (χ1n) is 6.14. The standard InChI is InChI=1S/C14H17N3O2/c1-9(2)19-12-4-11(6-15-7-12)14(18)13-8-16-10(3)5-17-13/h4-9,14,18H,1-3H3. The topological polar surface area (TPSA) is 68.1 Å². The average Bonchev–Trinajstić information content (AvgIpc) is 2.38. The van der Waals surface area contributed by atoms with Crippen LogP contribution in [0.1, 0.15) is 36.9 Å². The summed E-state index contributed by atoms with van der Waals surface area (Å²) in [7, 11) is 0. The van der Waals surface area contributed by atoms with Crippen molar-refractivity contribution < 1.29 is 9.84 Å². The number of hydrogen-bond acceptors (Lipinski definition) is 5. The van der Waals surface area contributed by atoms with Gasteiger partial charge in [-0.15, -0.1) is 0 Å². The van der Waals surface area contributed by atoms with Crippen LogP contribution in [-0.2, 0) is 0 Å². The smallest absolute Gasteiger partial charge is 0.138 e. The van der Waals surface area contributed by atoms with Crippen molar-refractivity contribution in [3.63, 3.8) is 0 Å². The average molecular weight is 259 g/mol. The van der Waals surface area contributed by atoms with E-state index in [9.17, 15) is 5.11 Å². The molecule has 0 fully saturated rings. The molecule has 0 radical (unpaired) electrons. The number of rotatable bonds is 4. The van der Waals surface area contributed by atoms with Crippen LogP contribution in [0.4, 0.5) is 0 Å². The summed E-state index contributed by atoms with van der Waals surface area (Å²) >= 11 is 0. The van der Waals surface area contributed by atoms with Crippen LogP contribution in [0.25, 0.3) is 0 Å². The number of aromatic nitrogens is 3.